The predicted octanol–water partition coefficient (Wildman–Crippen LogP) is 3.00. The topological polar surface area (TPSA) is 72.5 Å². The fourth-order valence-electron chi connectivity index (χ4n) is 2.53. The van der Waals surface area contributed by atoms with Crippen molar-refractivity contribution >= 4 is 16.7 Å². The SMILES string of the molecule is Nc1ccnn1-c1ccc(-c2cccc3[nH]ncc23)cc1. The highest BCUT2D eigenvalue weighted by Crippen LogP contribution is 2.28. The number of H-pyrrole nitrogens is 1. The van der Waals surface area contributed by atoms with Gasteiger partial charge >= 0.3 is 0 Å². The molecule has 102 valence electrons. The summed E-state index contributed by atoms with van der Waals surface area (Å²) in [7, 11) is 0. The van der Waals surface area contributed by atoms with Crippen LogP contribution in [0.4, 0.5) is 5.82 Å². The Labute approximate surface area is 121 Å². The Morgan fingerprint density at radius 3 is 2.62 bits per heavy atom. The third-order valence-electron chi connectivity index (χ3n) is 3.58. The minimum atomic E-state index is 0.625. The first kappa shape index (κ1) is 11.7. The second kappa shape index (κ2) is 4.49. The van der Waals surface area contributed by atoms with Gasteiger partial charge in [-0.25, -0.2) is 4.68 Å². The Morgan fingerprint density at radius 1 is 1.00 bits per heavy atom. The van der Waals surface area contributed by atoms with Gasteiger partial charge in [-0.05, 0) is 29.3 Å². The molecule has 4 rings (SSSR count). The zero-order valence-electron chi connectivity index (χ0n) is 11.2. The van der Waals surface area contributed by atoms with E-state index in [4.69, 9.17) is 5.73 Å². The molecule has 0 fully saturated rings. The number of aromatic amines is 1. The molecule has 0 atom stereocenters. The first-order valence-corrected chi connectivity index (χ1v) is 6.65. The number of nitrogen functional groups attached to an aromatic ring is 1. The largest absolute Gasteiger partial charge is 0.384 e. The Kier molecular flexibility index (Phi) is 2.50. The van der Waals surface area contributed by atoms with E-state index in [0.29, 0.717) is 5.82 Å². The van der Waals surface area contributed by atoms with Crippen LogP contribution in [0.5, 0.6) is 0 Å². The molecular formula is C16H13N5. The van der Waals surface area contributed by atoms with Gasteiger partial charge in [0, 0.05) is 11.5 Å². The molecule has 0 amide bonds. The zero-order valence-corrected chi connectivity index (χ0v) is 11.2. The molecule has 0 saturated carbocycles. The molecule has 2 aromatic heterocycles. The number of anilines is 1. The van der Waals surface area contributed by atoms with Crippen molar-refractivity contribution in [3.05, 3.63) is 60.9 Å². The Morgan fingerprint density at radius 2 is 1.86 bits per heavy atom. The fraction of sp³-hybridized carbons (Fsp3) is 0. The maximum atomic E-state index is 5.87. The first-order chi connectivity index (χ1) is 10.3. The number of nitrogens with one attached hydrogen (secondary N) is 1. The van der Waals surface area contributed by atoms with Crippen LogP contribution in [0.2, 0.25) is 0 Å². The van der Waals surface area contributed by atoms with Gasteiger partial charge in [-0.3, -0.25) is 5.10 Å². The highest BCUT2D eigenvalue weighted by molar-refractivity contribution is 5.94. The molecule has 0 bridgehead atoms. The molecule has 0 spiro atoms. The smallest absolute Gasteiger partial charge is 0.127 e. The van der Waals surface area contributed by atoms with E-state index >= 15 is 0 Å². The number of benzene rings is 2. The second-order valence-corrected chi connectivity index (χ2v) is 4.85. The molecule has 0 aliphatic rings. The minimum Gasteiger partial charge on any atom is -0.384 e. The maximum Gasteiger partial charge on any atom is 0.127 e. The molecule has 5 nitrogen and oxygen atoms in total. The summed E-state index contributed by atoms with van der Waals surface area (Å²) in [4.78, 5) is 0. The van der Waals surface area contributed by atoms with Gasteiger partial charge in [0.1, 0.15) is 5.82 Å². The number of aromatic nitrogens is 4. The van der Waals surface area contributed by atoms with Crippen LogP contribution in [0.25, 0.3) is 27.7 Å². The Bertz CT molecular complexity index is 902. The Hall–Kier alpha value is -3.08. The van der Waals surface area contributed by atoms with Crippen molar-refractivity contribution in [3.63, 3.8) is 0 Å². The van der Waals surface area contributed by atoms with Crippen LogP contribution in [0.3, 0.4) is 0 Å². The molecule has 0 radical (unpaired) electrons. The molecular weight excluding hydrogens is 262 g/mol. The van der Waals surface area contributed by atoms with E-state index in [0.717, 1.165) is 27.7 Å². The quantitative estimate of drug-likeness (QED) is 0.590. The molecule has 4 aromatic rings. The van der Waals surface area contributed by atoms with Crippen molar-refractivity contribution in [2.45, 2.75) is 0 Å². The van der Waals surface area contributed by atoms with E-state index in [1.807, 2.05) is 30.5 Å². The number of fused-ring (bicyclic) bond motifs is 1. The first-order valence-electron chi connectivity index (χ1n) is 6.65. The van der Waals surface area contributed by atoms with Crippen molar-refractivity contribution < 1.29 is 0 Å². The molecule has 21 heavy (non-hydrogen) atoms. The molecule has 3 N–H and O–H groups in total. The monoisotopic (exact) mass is 275 g/mol. The summed E-state index contributed by atoms with van der Waals surface area (Å²) < 4.78 is 1.71. The average molecular weight is 275 g/mol. The predicted molar refractivity (Wildman–Crippen MR) is 83.1 cm³/mol. The molecule has 0 unspecified atom stereocenters. The van der Waals surface area contributed by atoms with Gasteiger partial charge in [-0.15, -0.1) is 0 Å². The van der Waals surface area contributed by atoms with Crippen LogP contribution >= 0.6 is 0 Å². The van der Waals surface area contributed by atoms with Crippen LogP contribution in [-0.4, -0.2) is 20.0 Å². The van der Waals surface area contributed by atoms with Gasteiger partial charge in [0.15, 0.2) is 0 Å². The number of rotatable bonds is 2. The van der Waals surface area contributed by atoms with Crippen LogP contribution in [0, 0.1) is 0 Å². The van der Waals surface area contributed by atoms with E-state index in [9.17, 15) is 0 Å². The van der Waals surface area contributed by atoms with Crippen LogP contribution in [0.1, 0.15) is 0 Å². The van der Waals surface area contributed by atoms with Crippen LogP contribution in [0.15, 0.2) is 60.9 Å². The van der Waals surface area contributed by atoms with Gasteiger partial charge in [0.25, 0.3) is 0 Å². The molecule has 5 heteroatoms. The molecule has 2 heterocycles. The highest BCUT2D eigenvalue weighted by atomic mass is 15.3. The van der Waals surface area contributed by atoms with Gasteiger partial charge in [-0.2, -0.15) is 10.2 Å². The maximum absolute atomic E-state index is 5.87. The highest BCUT2D eigenvalue weighted by Gasteiger charge is 2.06. The van der Waals surface area contributed by atoms with Crippen LogP contribution < -0.4 is 5.73 Å². The molecule has 0 aliphatic carbocycles. The lowest BCUT2D eigenvalue weighted by molar-refractivity contribution is 0.891. The number of nitrogens with zero attached hydrogens (tertiary/aromatic N) is 3. The molecule has 0 saturated heterocycles. The average Bonchev–Trinajstić information content (AvgIpc) is 3.15. The number of hydrogen-bond acceptors (Lipinski definition) is 3. The van der Waals surface area contributed by atoms with E-state index in [2.05, 4.69) is 33.5 Å². The number of nitrogens with two attached hydrogens (primary N) is 1. The van der Waals surface area contributed by atoms with E-state index < -0.39 is 0 Å². The van der Waals surface area contributed by atoms with Crippen molar-refractivity contribution in [1.29, 1.82) is 0 Å². The third kappa shape index (κ3) is 1.87. The van der Waals surface area contributed by atoms with Gasteiger partial charge < -0.3 is 5.73 Å². The summed E-state index contributed by atoms with van der Waals surface area (Å²) >= 11 is 0. The van der Waals surface area contributed by atoms with Crippen molar-refractivity contribution in [2.24, 2.45) is 0 Å². The summed E-state index contributed by atoms with van der Waals surface area (Å²) in [6.45, 7) is 0. The van der Waals surface area contributed by atoms with E-state index in [1.54, 1.807) is 16.9 Å². The normalized spacial score (nSPS) is 11.0. The van der Waals surface area contributed by atoms with Gasteiger partial charge in [0.2, 0.25) is 0 Å². The van der Waals surface area contributed by atoms with Crippen molar-refractivity contribution in [1.82, 2.24) is 20.0 Å². The van der Waals surface area contributed by atoms with E-state index in [-0.39, 0.29) is 0 Å². The van der Waals surface area contributed by atoms with Crippen molar-refractivity contribution in [3.8, 4) is 16.8 Å². The standard InChI is InChI=1S/C16H13N5/c17-16-8-9-19-21(16)12-6-4-11(5-7-12)13-2-1-3-15-14(13)10-18-20-15/h1-10H,17H2,(H,18,20). The lowest BCUT2D eigenvalue weighted by atomic mass is 10.0. The van der Waals surface area contributed by atoms with E-state index in [1.165, 1.54) is 0 Å². The van der Waals surface area contributed by atoms with Crippen molar-refractivity contribution in [2.75, 3.05) is 5.73 Å². The minimum absolute atomic E-state index is 0.625. The summed E-state index contributed by atoms with van der Waals surface area (Å²) in [6.07, 6.45) is 3.54. The second-order valence-electron chi connectivity index (χ2n) is 4.85. The number of hydrogen-bond donors (Lipinski definition) is 2. The zero-order chi connectivity index (χ0) is 14.2. The van der Waals surface area contributed by atoms with Gasteiger partial charge in [-0.1, -0.05) is 24.3 Å². The molecule has 2 aromatic carbocycles. The van der Waals surface area contributed by atoms with Crippen LogP contribution in [-0.2, 0) is 0 Å². The lowest BCUT2D eigenvalue weighted by Crippen LogP contribution is -2.01. The summed E-state index contributed by atoms with van der Waals surface area (Å²) in [5.41, 5.74) is 10.1. The summed E-state index contributed by atoms with van der Waals surface area (Å²) in [5, 5.41) is 12.4. The Balaban J connectivity index is 1.80. The van der Waals surface area contributed by atoms with Gasteiger partial charge in [0.05, 0.1) is 23.6 Å². The fourth-order valence-corrected chi connectivity index (χ4v) is 2.53. The third-order valence-corrected chi connectivity index (χ3v) is 3.58. The summed E-state index contributed by atoms with van der Waals surface area (Å²) in [6, 6.07) is 16.1. The lowest BCUT2D eigenvalue weighted by Gasteiger charge is -2.07. The molecule has 0 aliphatic heterocycles. The summed E-state index contributed by atoms with van der Waals surface area (Å²) in [5.74, 6) is 0.625.